The number of rotatable bonds is 3. The molecule has 1 aliphatic heterocycles. The van der Waals surface area contributed by atoms with Gasteiger partial charge in [0.25, 0.3) is 0 Å². The number of piperidine rings is 1. The summed E-state index contributed by atoms with van der Waals surface area (Å²) in [5, 5.41) is 9.98. The Bertz CT molecular complexity index is 624. The van der Waals surface area contributed by atoms with Gasteiger partial charge in [0.05, 0.1) is 11.9 Å². The zero-order valence-corrected chi connectivity index (χ0v) is 11.3. The molecule has 1 saturated heterocycles. The molecule has 110 valence electrons. The van der Waals surface area contributed by atoms with Crippen LogP contribution < -0.4 is 4.90 Å². The molecule has 2 heterocycles. The van der Waals surface area contributed by atoms with E-state index in [0.717, 1.165) is 0 Å². The molecule has 0 spiro atoms. The van der Waals surface area contributed by atoms with Crippen LogP contribution in [0, 0.1) is 11.6 Å². The Balaban J connectivity index is 1.84. The summed E-state index contributed by atoms with van der Waals surface area (Å²) in [4.78, 5) is 12.8. The summed E-state index contributed by atoms with van der Waals surface area (Å²) in [5.41, 5.74) is 1.06. The number of halogens is 2. The van der Waals surface area contributed by atoms with Crippen LogP contribution in [0.3, 0.4) is 0 Å². The highest BCUT2D eigenvalue weighted by molar-refractivity contribution is 5.81. The summed E-state index contributed by atoms with van der Waals surface area (Å²) < 4.78 is 28.4. The lowest BCUT2D eigenvalue weighted by molar-refractivity contribution is -0.119. The average Bonchev–Trinajstić information content (AvgIpc) is 2.93. The minimum absolute atomic E-state index is 0.0496. The number of benzene rings is 1. The van der Waals surface area contributed by atoms with E-state index < -0.39 is 11.6 Å². The number of ketones is 1. The molecular formula is C14H14F2N4O. The van der Waals surface area contributed by atoms with Gasteiger partial charge in [-0.05, 0) is 17.7 Å². The minimum atomic E-state index is -0.608. The summed E-state index contributed by atoms with van der Waals surface area (Å²) in [6, 6.07) is 2.62. The van der Waals surface area contributed by atoms with Gasteiger partial charge in [-0.15, -0.1) is 0 Å². The molecule has 2 aromatic rings. The van der Waals surface area contributed by atoms with Crippen molar-refractivity contribution in [3.05, 3.63) is 41.2 Å². The number of aromatic nitrogens is 3. The van der Waals surface area contributed by atoms with Crippen LogP contribution in [0.25, 0.3) is 0 Å². The van der Waals surface area contributed by atoms with E-state index in [1.807, 2.05) is 0 Å². The molecule has 1 aromatic heterocycles. The first-order valence-electron chi connectivity index (χ1n) is 6.72. The van der Waals surface area contributed by atoms with E-state index in [2.05, 4.69) is 15.4 Å². The lowest BCUT2D eigenvalue weighted by Gasteiger charge is -2.29. The Morgan fingerprint density at radius 3 is 2.43 bits per heavy atom. The molecule has 0 atom stereocenters. The number of carbonyl (C=O) groups excluding carboxylic acids is 1. The first-order valence-corrected chi connectivity index (χ1v) is 6.72. The second kappa shape index (κ2) is 5.59. The molecule has 1 aromatic carbocycles. The third-order valence-electron chi connectivity index (χ3n) is 3.56. The Labute approximate surface area is 120 Å². The van der Waals surface area contributed by atoms with E-state index in [0.29, 0.717) is 43.6 Å². The molecular weight excluding hydrogens is 278 g/mol. The van der Waals surface area contributed by atoms with E-state index in [4.69, 9.17) is 0 Å². The smallest absolute Gasteiger partial charge is 0.149 e. The third kappa shape index (κ3) is 2.91. The number of nitrogens with zero attached hydrogens (tertiary/aromatic N) is 3. The van der Waals surface area contributed by atoms with E-state index >= 15 is 0 Å². The monoisotopic (exact) mass is 292 g/mol. The van der Waals surface area contributed by atoms with Crippen LogP contribution in [-0.2, 0) is 11.2 Å². The van der Waals surface area contributed by atoms with Crippen molar-refractivity contribution in [1.29, 1.82) is 0 Å². The molecule has 7 heteroatoms. The van der Waals surface area contributed by atoms with Gasteiger partial charge in [-0.2, -0.15) is 15.4 Å². The Kier molecular flexibility index (Phi) is 3.64. The number of anilines is 1. The molecule has 0 aliphatic carbocycles. The van der Waals surface area contributed by atoms with Gasteiger partial charge in [0.1, 0.15) is 23.1 Å². The first kappa shape index (κ1) is 13.7. The van der Waals surface area contributed by atoms with Crippen molar-refractivity contribution in [2.75, 3.05) is 18.0 Å². The van der Waals surface area contributed by atoms with Crippen molar-refractivity contribution >= 4 is 11.5 Å². The van der Waals surface area contributed by atoms with Crippen LogP contribution >= 0.6 is 0 Å². The number of hydrogen-bond donors (Lipinski definition) is 1. The van der Waals surface area contributed by atoms with Crippen molar-refractivity contribution in [3.8, 4) is 0 Å². The standard InChI is InChI=1S/C14H14F2N4O/c15-12-6-9(5-10-8-17-19-18-10)7-13(16)14(12)20-3-1-11(21)2-4-20/h6-8H,1-5H2,(H,17,18,19). The van der Waals surface area contributed by atoms with Gasteiger partial charge in [0, 0.05) is 32.4 Å². The van der Waals surface area contributed by atoms with Gasteiger partial charge in [-0.25, -0.2) is 8.78 Å². The fourth-order valence-corrected chi connectivity index (χ4v) is 2.52. The topological polar surface area (TPSA) is 61.9 Å². The molecule has 1 aliphatic rings. The number of nitrogens with one attached hydrogen (secondary N) is 1. The van der Waals surface area contributed by atoms with Crippen LogP contribution in [0.1, 0.15) is 24.1 Å². The largest absolute Gasteiger partial charge is 0.366 e. The number of Topliss-reactive ketones (excluding diaryl/α,β-unsaturated/α-hetero) is 1. The van der Waals surface area contributed by atoms with Crippen molar-refractivity contribution in [3.63, 3.8) is 0 Å². The SMILES string of the molecule is O=C1CCN(c2c(F)cc(Cc3cn[nH]n3)cc2F)CC1. The predicted octanol–water partition coefficient (Wildman–Crippen LogP) is 1.84. The normalized spacial score (nSPS) is 15.5. The molecule has 21 heavy (non-hydrogen) atoms. The van der Waals surface area contributed by atoms with Crippen molar-refractivity contribution in [2.45, 2.75) is 19.3 Å². The highest BCUT2D eigenvalue weighted by Crippen LogP contribution is 2.27. The third-order valence-corrected chi connectivity index (χ3v) is 3.56. The van der Waals surface area contributed by atoms with Gasteiger partial charge >= 0.3 is 0 Å². The van der Waals surface area contributed by atoms with E-state index in [1.54, 1.807) is 4.90 Å². The lowest BCUT2D eigenvalue weighted by atomic mass is 10.1. The molecule has 3 rings (SSSR count). The number of aromatic amines is 1. The summed E-state index contributed by atoms with van der Waals surface area (Å²) in [5.74, 6) is -1.08. The molecule has 0 amide bonds. The highest BCUT2D eigenvalue weighted by atomic mass is 19.1. The molecule has 1 fully saturated rings. The molecule has 0 saturated carbocycles. The average molecular weight is 292 g/mol. The minimum Gasteiger partial charge on any atom is -0.366 e. The Hall–Kier alpha value is -2.31. The van der Waals surface area contributed by atoms with E-state index in [9.17, 15) is 13.6 Å². The molecule has 0 bridgehead atoms. The van der Waals surface area contributed by atoms with Gasteiger partial charge < -0.3 is 4.90 Å². The predicted molar refractivity (Wildman–Crippen MR) is 72.0 cm³/mol. The number of carbonyl (C=O) groups is 1. The maximum absolute atomic E-state index is 14.2. The maximum atomic E-state index is 14.2. The summed E-state index contributed by atoms with van der Waals surface area (Å²) in [6.07, 6.45) is 2.49. The number of H-pyrrole nitrogens is 1. The molecule has 5 nitrogen and oxygen atoms in total. The van der Waals surface area contributed by atoms with Crippen LogP contribution in [0.15, 0.2) is 18.3 Å². The fourth-order valence-electron chi connectivity index (χ4n) is 2.52. The Morgan fingerprint density at radius 2 is 1.86 bits per heavy atom. The van der Waals surface area contributed by atoms with Crippen molar-refractivity contribution < 1.29 is 13.6 Å². The summed E-state index contributed by atoms with van der Waals surface area (Å²) in [6.45, 7) is 0.713. The van der Waals surface area contributed by atoms with E-state index in [1.165, 1.54) is 18.3 Å². The van der Waals surface area contributed by atoms with Crippen LogP contribution in [-0.4, -0.2) is 34.3 Å². The quantitative estimate of drug-likeness (QED) is 0.937. The summed E-state index contributed by atoms with van der Waals surface area (Å²) in [7, 11) is 0. The van der Waals surface area contributed by atoms with Crippen LogP contribution in [0.2, 0.25) is 0 Å². The maximum Gasteiger partial charge on any atom is 0.149 e. The summed E-state index contributed by atoms with van der Waals surface area (Å²) >= 11 is 0. The molecule has 1 N–H and O–H groups in total. The van der Waals surface area contributed by atoms with Crippen molar-refractivity contribution in [1.82, 2.24) is 15.4 Å². The van der Waals surface area contributed by atoms with E-state index in [-0.39, 0.29) is 11.5 Å². The molecule has 0 radical (unpaired) electrons. The first-order chi connectivity index (χ1) is 10.1. The lowest BCUT2D eigenvalue weighted by Crippen LogP contribution is -2.35. The van der Waals surface area contributed by atoms with Crippen LogP contribution in [0.5, 0.6) is 0 Å². The highest BCUT2D eigenvalue weighted by Gasteiger charge is 2.22. The van der Waals surface area contributed by atoms with Gasteiger partial charge in [-0.3, -0.25) is 4.79 Å². The molecule has 0 unspecified atom stereocenters. The zero-order valence-electron chi connectivity index (χ0n) is 11.3. The zero-order chi connectivity index (χ0) is 14.8. The fraction of sp³-hybridized carbons (Fsp3) is 0.357. The number of hydrogen-bond acceptors (Lipinski definition) is 4. The van der Waals surface area contributed by atoms with Crippen molar-refractivity contribution in [2.24, 2.45) is 0 Å². The Morgan fingerprint density at radius 1 is 1.19 bits per heavy atom. The van der Waals surface area contributed by atoms with Crippen LogP contribution in [0.4, 0.5) is 14.5 Å². The van der Waals surface area contributed by atoms with Gasteiger partial charge in [-0.1, -0.05) is 0 Å². The second-order valence-electron chi connectivity index (χ2n) is 5.07. The van der Waals surface area contributed by atoms with Gasteiger partial charge in [0.15, 0.2) is 0 Å². The second-order valence-corrected chi connectivity index (χ2v) is 5.07. The van der Waals surface area contributed by atoms with Gasteiger partial charge in [0.2, 0.25) is 0 Å².